The van der Waals surface area contributed by atoms with E-state index in [9.17, 15) is 14.7 Å². The third-order valence-corrected chi connectivity index (χ3v) is 6.29. The Morgan fingerprint density at radius 2 is 1.55 bits per heavy atom. The van der Waals surface area contributed by atoms with Crippen molar-refractivity contribution in [1.29, 1.82) is 0 Å². The molecule has 0 aromatic heterocycles. The fraction of sp³-hybridized carbons (Fsp3) is 0.417. The van der Waals surface area contributed by atoms with Crippen molar-refractivity contribution in [2.24, 2.45) is 0 Å². The number of rotatable bonds is 5. The largest absolute Gasteiger partial charge is 0.480 e. The van der Waals surface area contributed by atoms with Crippen molar-refractivity contribution in [2.75, 3.05) is 6.61 Å². The smallest absolute Gasteiger partial charge is 0.410 e. The Hall–Kier alpha value is -2.82. The summed E-state index contributed by atoms with van der Waals surface area (Å²) in [6.45, 7) is 1.78. The van der Waals surface area contributed by atoms with Gasteiger partial charge in [0.05, 0.1) is 0 Å². The molecule has 4 rings (SSSR count). The van der Waals surface area contributed by atoms with Crippen molar-refractivity contribution in [3.8, 4) is 11.1 Å². The molecule has 2 aliphatic carbocycles. The van der Waals surface area contributed by atoms with Crippen LogP contribution in [0.25, 0.3) is 11.1 Å². The van der Waals surface area contributed by atoms with Gasteiger partial charge in [-0.15, -0.1) is 0 Å². The highest BCUT2D eigenvalue weighted by Gasteiger charge is 2.35. The number of carbonyl (C=O) groups is 2. The van der Waals surface area contributed by atoms with E-state index in [1.807, 2.05) is 24.3 Å². The molecule has 152 valence electrons. The Labute approximate surface area is 171 Å². The minimum Gasteiger partial charge on any atom is -0.480 e. The lowest BCUT2D eigenvalue weighted by molar-refractivity contribution is -0.143. The summed E-state index contributed by atoms with van der Waals surface area (Å²) in [7, 11) is 0. The topological polar surface area (TPSA) is 66.8 Å². The molecule has 1 saturated carbocycles. The van der Waals surface area contributed by atoms with Gasteiger partial charge in [0.15, 0.2) is 0 Å². The molecule has 1 N–H and O–H groups in total. The number of carboxylic acids is 1. The van der Waals surface area contributed by atoms with Gasteiger partial charge in [0.1, 0.15) is 12.6 Å². The minimum absolute atomic E-state index is 0.0281. The predicted octanol–water partition coefficient (Wildman–Crippen LogP) is 5.04. The SMILES string of the molecule is CC(C(=O)O)N(C(=O)OCC1c2ccccc2-c2ccccc21)C1CCCCC1. The Bertz CT molecular complexity index is 858. The van der Waals surface area contributed by atoms with Crippen molar-refractivity contribution < 1.29 is 19.4 Å². The molecular weight excluding hydrogens is 366 g/mol. The van der Waals surface area contributed by atoms with E-state index in [1.54, 1.807) is 6.92 Å². The van der Waals surface area contributed by atoms with Gasteiger partial charge in [-0.3, -0.25) is 4.90 Å². The van der Waals surface area contributed by atoms with E-state index in [4.69, 9.17) is 4.74 Å². The molecule has 0 bridgehead atoms. The van der Waals surface area contributed by atoms with Crippen molar-refractivity contribution in [2.45, 2.75) is 57.0 Å². The standard InChI is InChI=1S/C24H27NO4/c1-16(23(26)27)25(17-9-3-2-4-10-17)24(28)29-15-22-20-13-7-5-11-18(20)19-12-6-8-14-21(19)22/h5-8,11-14,16-17,22H,2-4,9-10,15H2,1H3,(H,26,27). The normalized spacial score (nSPS) is 17.3. The van der Waals surface area contributed by atoms with Crippen molar-refractivity contribution in [3.05, 3.63) is 59.7 Å². The lowest BCUT2D eigenvalue weighted by atomic mass is 9.93. The van der Waals surface area contributed by atoms with Crippen LogP contribution in [-0.4, -0.2) is 40.8 Å². The van der Waals surface area contributed by atoms with Crippen LogP contribution in [0.5, 0.6) is 0 Å². The Morgan fingerprint density at radius 1 is 1.00 bits per heavy atom. The van der Waals surface area contributed by atoms with Crippen LogP contribution in [0.1, 0.15) is 56.1 Å². The van der Waals surface area contributed by atoms with Crippen LogP contribution in [0, 0.1) is 0 Å². The lowest BCUT2D eigenvalue weighted by Gasteiger charge is -2.36. The molecule has 0 saturated heterocycles. The van der Waals surface area contributed by atoms with Crippen LogP contribution in [0.4, 0.5) is 4.79 Å². The van der Waals surface area contributed by atoms with Gasteiger partial charge in [0.25, 0.3) is 0 Å². The molecule has 1 atom stereocenters. The molecule has 1 unspecified atom stereocenters. The molecule has 0 spiro atoms. The van der Waals surface area contributed by atoms with Crippen molar-refractivity contribution in [3.63, 3.8) is 0 Å². The molecule has 29 heavy (non-hydrogen) atoms. The molecule has 0 aliphatic heterocycles. The van der Waals surface area contributed by atoms with Crippen molar-refractivity contribution in [1.82, 2.24) is 4.90 Å². The number of amides is 1. The second kappa shape index (κ2) is 8.27. The predicted molar refractivity (Wildman–Crippen MR) is 111 cm³/mol. The quantitative estimate of drug-likeness (QED) is 0.772. The van der Waals surface area contributed by atoms with E-state index >= 15 is 0 Å². The third-order valence-electron chi connectivity index (χ3n) is 6.29. The Morgan fingerprint density at radius 3 is 2.10 bits per heavy atom. The molecule has 5 heteroatoms. The average molecular weight is 393 g/mol. The number of carbonyl (C=O) groups excluding carboxylic acids is 1. The van der Waals surface area contributed by atoms with Gasteiger partial charge < -0.3 is 9.84 Å². The highest BCUT2D eigenvalue weighted by molar-refractivity contribution is 5.81. The Kier molecular flexibility index (Phi) is 5.56. The molecule has 1 amide bonds. The average Bonchev–Trinajstić information content (AvgIpc) is 3.07. The van der Waals surface area contributed by atoms with Gasteiger partial charge in [-0.1, -0.05) is 67.8 Å². The molecule has 0 heterocycles. The fourth-order valence-electron chi connectivity index (χ4n) is 4.77. The maximum absolute atomic E-state index is 13.0. The number of benzene rings is 2. The van der Waals surface area contributed by atoms with Crippen LogP contribution >= 0.6 is 0 Å². The summed E-state index contributed by atoms with van der Waals surface area (Å²) in [5.74, 6) is -1.02. The van der Waals surface area contributed by atoms with E-state index in [-0.39, 0.29) is 18.6 Å². The van der Waals surface area contributed by atoms with Crippen LogP contribution in [0.3, 0.4) is 0 Å². The summed E-state index contributed by atoms with van der Waals surface area (Å²) in [5.41, 5.74) is 4.65. The summed E-state index contributed by atoms with van der Waals surface area (Å²) in [4.78, 5) is 26.1. The molecule has 2 aromatic carbocycles. The van der Waals surface area contributed by atoms with E-state index in [1.165, 1.54) is 16.0 Å². The number of hydrogen-bond acceptors (Lipinski definition) is 3. The zero-order chi connectivity index (χ0) is 20.4. The van der Waals surface area contributed by atoms with Gasteiger partial charge in [0, 0.05) is 12.0 Å². The third kappa shape index (κ3) is 3.74. The summed E-state index contributed by atoms with van der Waals surface area (Å²) >= 11 is 0. The van der Waals surface area contributed by atoms with Gasteiger partial charge in [-0.25, -0.2) is 9.59 Å². The van der Waals surface area contributed by atoms with E-state index in [2.05, 4.69) is 24.3 Å². The van der Waals surface area contributed by atoms with Crippen LogP contribution in [-0.2, 0) is 9.53 Å². The molecule has 5 nitrogen and oxygen atoms in total. The summed E-state index contributed by atoms with van der Waals surface area (Å²) in [6, 6.07) is 15.4. The highest BCUT2D eigenvalue weighted by Crippen LogP contribution is 2.44. The summed E-state index contributed by atoms with van der Waals surface area (Å²) < 4.78 is 5.75. The molecular formula is C24H27NO4. The van der Waals surface area contributed by atoms with E-state index in [0.717, 1.165) is 43.2 Å². The Balaban J connectivity index is 1.54. The lowest BCUT2D eigenvalue weighted by Crippen LogP contribution is -2.50. The molecule has 2 aliphatic rings. The number of nitrogens with zero attached hydrogens (tertiary/aromatic N) is 1. The summed E-state index contributed by atoms with van der Waals surface area (Å²) in [6.07, 6.45) is 4.32. The minimum atomic E-state index is -0.996. The first-order valence-electron chi connectivity index (χ1n) is 10.4. The maximum Gasteiger partial charge on any atom is 0.410 e. The number of carboxylic acid groups (broad SMARTS) is 1. The first-order chi connectivity index (χ1) is 14.1. The van der Waals surface area contributed by atoms with Crippen LogP contribution in [0.15, 0.2) is 48.5 Å². The second-order valence-corrected chi connectivity index (χ2v) is 8.02. The molecule has 2 aromatic rings. The number of aliphatic carboxylic acids is 1. The second-order valence-electron chi connectivity index (χ2n) is 8.02. The summed E-state index contributed by atoms with van der Waals surface area (Å²) in [5, 5.41) is 9.52. The number of ether oxygens (including phenoxy) is 1. The molecule has 1 fully saturated rings. The van der Waals surface area contributed by atoms with Crippen molar-refractivity contribution >= 4 is 12.1 Å². The van der Waals surface area contributed by atoms with Crippen LogP contribution < -0.4 is 0 Å². The molecule has 0 radical (unpaired) electrons. The number of fused-ring (bicyclic) bond motifs is 3. The van der Waals surface area contributed by atoms with E-state index < -0.39 is 18.1 Å². The van der Waals surface area contributed by atoms with Gasteiger partial charge in [-0.05, 0) is 42.0 Å². The first-order valence-corrected chi connectivity index (χ1v) is 10.4. The highest BCUT2D eigenvalue weighted by atomic mass is 16.6. The zero-order valence-electron chi connectivity index (χ0n) is 16.7. The maximum atomic E-state index is 13.0. The first kappa shape index (κ1) is 19.5. The fourth-order valence-corrected chi connectivity index (χ4v) is 4.77. The monoisotopic (exact) mass is 393 g/mol. The van der Waals surface area contributed by atoms with E-state index in [0.29, 0.717) is 0 Å². The van der Waals surface area contributed by atoms with Crippen LogP contribution in [0.2, 0.25) is 0 Å². The van der Waals surface area contributed by atoms with Gasteiger partial charge in [0.2, 0.25) is 0 Å². The number of hydrogen-bond donors (Lipinski definition) is 1. The zero-order valence-corrected chi connectivity index (χ0v) is 16.7. The van der Waals surface area contributed by atoms with Gasteiger partial charge >= 0.3 is 12.1 Å². The van der Waals surface area contributed by atoms with Gasteiger partial charge in [-0.2, -0.15) is 0 Å².